The highest BCUT2D eigenvalue weighted by molar-refractivity contribution is 5.72. The van der Waals surface area contributed by atoms with Crippen molar-refractivity contribution in [3.05, 3.63) is 23.8 Å². The summed E-state index contributed by atoms with van der Waals surface area (Å²) in [5.41, 5.74) is 6.54. The first-order chi connectivity index (χ1) is 7.95. The van der Waals surface area contributed by atoms with Crippen LogP contribution in [0.3, 0.4) is 0 Å². The fourth-order valence-corrected chi connectivity index (χ4v) is 1.36. The van der Waals surface area contributed by atoms with Crippen LogP contribution >= 0.6 is 0 Å². The molecular formula is C12H17NO4. The average Bonchev–Trinajstić information content (AvgIpc) is 2.28. The van der Waals surface area contributed by atoms with E-state index in [0.717, 1.165) is 5.56 Å². The van der Waals surface area contributed by atoms with Crippen molar-refractivity contribution in [3.63, 3.8) is 0 Å². The van der Waals surface area contributed by atoms with Crippen LogP contribution in [0.15, 0.2) is 18.2 Å². The Bertz CT molecular complexity index is 403. The largest absolute Gasteiger partial charge is 0.497 e. The van der Waals surface area contributed by atoms with Crippen molar-refractivity contribution in [1.82, 2.24) is 0 Å². The number of ether oxygens (including phenoxy) is 2. The van der Waals surface area contributed by atoms with Crippen LogP contribution in [0.4, 0.5) is 0 Å². The molecule has 0 amide bonds. The van der Waals surface area contributed by atoms with Crippen LogP contribution in [0.2, 0.25) is 0 Å². The second kappa shape index (κ2) is 5.54. The molecular weight excluding hydrogens is 222 g/mol. The maximum Gasteiger partial charge on any atom is 0.344 e. The van der Waals surface area contributed by atoms with E-state index in [9.17, 15) is 4.79 Å². The lowest BCUT2D eigenvalue weighted by molar-refractivity contribution is -0.144. The Morgan fingerprint density at radius 1 is 1.41 bits per heavy atom. The van der Waals surface area contributed by atoms with Gasteiger partial charge in [-0.1, -0.05) is 6.07 Å². The number of benzene rings is 1. The first kappa shape index (κ1) is 13.3. The van der Waals surface area contributed by atoms with E-state index in [0.29, 0.717) is 11.5 Å². The Balaban J connectivity index is 3.04. The zero-order valence-corrected chi connectivity index (χ0v) is 10.1. The molecule has 0 saturated heterocycles. The Kier molecular flexibility index (Phi) is 4.34. The van der Waals surface area contributed by atoms with Crippen LogP contribution in [0.5, 0.6) is 11.5 Å². The number of carbonyl (C=O) groups is 1. The average molecular weight is 239 g/mol. The number of aliphatic carboxylic acids is 1. The topological polar surface area (TPSA) is 81.8 Å². The second-order valence-corrected chi connectivity index (χ2v) is 3.79. The molecule has 2 atom stereocenters. The van der Waals surface area contributed by atoms with Gasteiger partial charge in [0.2, 0.25) is 0 Å². The molecule has 5 nitrogen and oxygen atoms in total. The molecule has 0 bridgehead atoms. The van der Waals surface area contributed by atoms with Crippen LogP contribution < -0.4 is 15.2 Å². The van der Waals surface area contributed by atoms with Crippen molar-refractivity contribution >= 4 is 5.97 Å². The van der Waals surface area contributed by atoms with Crippen LogP contribution in [0.1, 0.15) is 25.5 Å². The molecule has 3 N–H and O–H groups in total. The summed E-state index contributed by atoms with van der Waals surface area (Å²) in [6.45, 7) is 3.27. The fraction of sp³-hybridized carbons (Fsp3) is 0.417. The smallest absolute Gasteiger partial charge is 0.344 e. The quantitative estimate of drug-likeness (QED) is 0.815. The second-order valence-electron chi connectivity index (χ2n) is 3.79. The first-order valence-electron chi connectivity index (χ1n) is 5.28. The summed E-state index contributed by atoms with van der Waals surface area (Å²) in [5, 5.41) is 8.81. The van der Waals surface area contributed by atoms with Gasteiger partial charge in [-0.25, -0.2) is 4.79 Å². The van der Waals surface area contributed by atoms with Gasteiger partial charge in [0.05, 0.1) is 7.11 Å². The zero-order valence-electron chi connectivity index (χ0n) is 10.1. The molecule has 1 aromatic carbocycles. The molecule has 0 fully saturated rings. The van der Waals surface area contributed by atoms with Gasteiger partial charge in [0.1, 0.15) is 11.5 Å². The third-order valence-electron chi connectivity index (χ3n) is 2.36. The molecule has 1 aromatic rings. The minimum Gasteiger partial charge on any atom is -0.497 e. The number of methoxy groups -OCH3 is 1. The van der Waals surface area contributed by atoms with E-state index >= 15 is 0 Å². The van der Waals surface area contributed by atoms with Gasteiger partial charge in [0, 0.05) is 17.7 Å². The third-order valence-corrected chi connectivity index (χ3v) is 2.36. The van der Waals surface area contributed by atoms with E-state index in [1.807, 2.05) is 0 Å². The highest BCUT2D eigenvalue weighted by Gasteiger charge is 2.17. The molecule has 0 aromatic heterocycles. The molecule has 0 aliphatic carbocycles. The number of carboxylic acids is 1. The lowest BCUT2D eigenvalue weighted by Crippen LogP contribution is -2.24. The highest BCUT2D eigenvalue weighted by Crippen LogP contribution is 2.29. The van der Waals surface area contributed by atoms with Crippen LogP contribution in [0, 0.1) is 0 Å². The number of rotatable bonds is 5. The summed E-state index contributed by atoms with van der Waals surface area (Å²) >= 11 is 0. The minimum atomic E-state index is -1.02. The van der Waals surface area contributed by atoms with Crippen LogP contribution in [0.25, 0.3) is 0 Å². The molecule has 94 valence electrons. The Hall–Kier alpha value is -1.75. The van der Waals surface area contributed by atoms with Gasteiger partial charge in [-0.05, 0) is 19.9 Å². The molecule has 1 rings (SSSR count). The molecule has 0 saturated carbocycles. The van der Waals surface area contributed by atoms with E-state index in [4.69, 9.17) is 20.3 Å². The minimum absolute atomic E-state index is 0.239. The van der Waals surface area contributed by atoms with Crippen molar-refractivity contribution in [3.8, 4) is 11.5 Å². The van der Waals surface area contributed by atoms with Gasteiger partial charge in [-0.2, -0.15) is 0 Å². The molecule has 5 heteroatoms. The van der Waals surface area contributed by atoms with Crippen LogP contribution in [-0.2, 0) is 4.79 Å². The normalized spacial score (nSPS) is 13.9. The third kappa shape index (κ3) is 3.35. The maximum absolute atomic E-state index is 10.8. The molecule has 0 heterocycles. The van der Waals surface area contributed by atoms with Gasteiger partial charge in [-0.3, -0.25) is 0 Å². The van der Waals surface area contributed by atoms with Crippen molar-refractivity contribution in [1.29, 1.82) is 0 Å². The monoisotopic (exact) mass is 239 g/mol. The number of hydrogen-bond acceptors (Lipinski definition) is 4. The summed E-state index contributed by atoms with van der Waals surface area (Å²) in [6.07, 6.45) is -0.931. The summed E-state index contributed by atoms with van der Waals surface area (Å²) in [7, 11) is 1.53. The molecule has 0 aliphatic heterocycles. The summed E-state index contributed by atoms with van der Waals surface area (Å²) in [5.74, 6) is 0.0136. The van der Waals surface area contributed by atoms with Gasteiger partial charge >= 0.3 is 5.97 Å². The standard InChI is InChI=1S/C12H17NO4/c1-7(13)10-5-4-9(16-3)6-11(10)17-8(2)12(14)15/h4-8H,13H2,1-3H3,(H,14,15)/t7-,8?/m0/s1. The first-order valence-corrected chi connectivity index (χ1v) is 5.28. The van der Waals surface area contributed by atoms with Gasteiger partial charge in [-0.15, -0.1) is 0 Å². The van der Waals surface area contributed by atoms with E-state index in [1.165, 1.54) is 14.0 Å². The molecule has 0 spiro atoms. The number of carboxylic acid groups (broad SMARTS) is 1. The Labute approximate surface area is 100 Å². The highest BCUT2D eigenvalue weighted by atomic mass is 16.5. The predicted octanol–water partition coefficient (Wildman–Crippen LogP) is 1.57. The van der Waals surface area contributed by atoms with Crippen molar-refractivity contribution in [2.24, 2.45) is 5.73 Å². The number of hydrogen-bond donors (Lipinski definition) is 2. The van der Waals surface area contributed by atoms with Crippen molar-refractivity contribution in [2.75, 3.05) is 7.11 Å². The lowest BCUT2D eigenvalue weighted by Gasteiger charge is -2.17. The van der Waals surface area contributed by atoms with E-state index < -0.39 is 12.1 Å². The molecule has 0 radical (unpaired) electrons. The summed E-state index contributed by atoms with van der Waals surface area (Å²) < 4.78 is 10.4. The lowest BCUT2D eigenvalue weighted by atomic mass is 10.1. The molecule has 1 unspecified atom stereocenters. The predicted molar refractivity (Wildman–Crippen MR) is 63.3 cm³/mol. The molecule has 0 aliphatic rings. The summed E-state index contributed by atoms with van der Waals surface area (Å²) in [6, 6.07) is 4.93. The Morgan fingerprint density at radius 2 is 2.06 bits per heavy atom. The van der Waals surface area contributed by atoms with Gasteiger partial charge in [0.25, 0.3) is 0 Å². The van der Waals surface area contributed by atoms with E-state index in [-0.39, 0.29) is 6.04 Å². The maximum atomic E-state index is 10.8. The molecule has 17 heavy (non-hydrogen) atoms. The van der Waals surface area contributed by atoms with Crippen molar-refractivity contribution < 1.29 is 19.4 Å². The van der Waals surface area contributed by atoms with Gasteiger partial charge < -0.3 is 20.3 Å². The van der Waals surface area contributed by atoms with Gasteiger partial charge in [0.15, 0.2) is 6.10 Å². The zero-order chi connectivity index (χ0) is 13.0. The Morgan fingerprint density at radius 3 is 2.53 bits per heavy atom. The van der Waals surface area contributed by atoms with E-state index in [1.54, 1.807) is 25.1 Å². The van der Waals surface area contributed by atoms with E-state index in [2.05, 4.69) is 0 Å². The summed E-state index contributed by atoms with van der Waals surface area (Å²) in [4.78, 5) is 10.8. The SMILES string of the molecule is COc1ccc([C@H](C)N)c(OC(C)C(=O)O)c1. The van der Waals surface area contributed by atoms with Crippen molar-refractivity contribution in [2.45, 2.75) is 26.0 Å². The number of nitrogens with two attached hydrogens (primary N) is 1. The van der Waals surface area contributed by atoms with Crippen LogP contribution in [-0.4, -0.2) is 24.3 Å². The fourth-order valence-electron chi connectivity index (χ4n) is 1.36.